The average molecular weight is 593 g/mol. The third-order valence-electron chi connectivity index (χ3n) is 7.50. The SMILES string of the molecule is CCOC(=O)c1cccc2cc(Oc3ccnc4cc(OCC5(NC(=O)OCc6ccccc6)CC5)c(OC)cc34)ccc12. The quantitative estimate of drug-likeness (QED) is 0.161. The number of rotatable bonds is 11. The molecule has 9 nitrogen and oxygen atoms in total. The minimum absolute atomic E-state index is 0.200. The van der Waals surface area contributed by atoms with Crippen molar-refractivity contribution in [1.29, 1.82) is 0 Å². The second-order valence-corrected chi connectivity index (χ2v) is 10.6. The van der Waals surface area contributed by atoms with E-state index in [1.54, 1.807) is 38.4 Å². The Morgan fingerprint density at radius 3 is 2.48 bits per heavy atom. The molecule has 1 heterocycles. The smallest absolute Gasteiger partial charge is 0.408 e. The van der Waals surface area contributed by atoms with Crippen LogP contribution in [-0.4, -0.2) is 42.9 Å². The maximum Gasteiger partial charge on any atom is 0.408 e. The van der Waals surface area contributed by atoms with Crippen molar-refractivity contribution in [2.45, 2.75) is 31.9 Å². The van der Waals surface area contributed by atoms with Gasteiger partial charge in [-0.1, -0.05) is 42.5 Å². The van der Waals surface area contributed by atoms with Crippen LogP contribution in [0, 0.1) is 0 Å². The molecule has 0 bridgehead atoms. The van der Waals surface area contributed by atoms with Gasteiger partial charge in [-0.25, -0.2) is 9.59 Å². The van der Waals surface area contributed by atoms with E-state index in [2.05, 4.69) is 10.3 Å². The molecule has 0 unspecified atom stereocenters. The van der Waals surface area contributed by atoms with Crippen LogP contribution >= 0.6 is 0 Å². The molecule has 6 rings (SSSR count). The summed E-state index contributed by atoms with van der Waals surface area (Å²) in [6, 6.07) is 26.0. The Kier molecular flexibility index (Phi) is 8.18. The second-order valence-electron chi connectivity index (χ2n) is 10.6. The number of aromatic nitrogens is 1. The van der Waals surface area contributed by atoms with Crippen molar-refractivity contribution >= 4 is 33.7 Å². The lowest BCUT2D eigenvalue weighted by Crippen LogP contribution is -2.41. The fourth-order valence-corrected chi connectivity index (χ4v) is 4.98. The van der Waals surface area contributed by atoms with E-state index >= 15 is 0 Å². The Bertz CT molecular complexity index is 1820. The van der Waals surface area contributed by atoms with Crippen LogP contribution in [0.2, 0.25) is 0 Å². The number of benzene rings is 4. The number of alkyl carbamates (subject to hydrolysis) is 1. The van der Waals surface area contributed by atoms with Gasteiger partial charge in [0.2, 0.25) is 0 Å². The Morgan fingerprint density at radius 2 is 1.70 bits per heavy atom. The topological polar surface area (TPSA) is 105 Å². The molecule has 0 atom stereocenters. The van der Waals surface area contributed by atoms with Gasteiger partial charge in [0.25, 0.3) is 0 Å². The Balaban J connectivity index is 1.16. The highest BCUT2D eigenvalue weighted by molar-refractivity contribution is 6.04. The first-order valence-electron chi connectivity index (χ1n) is 14.4. The van der Waals surface area contributed by atoms with E-state index in [-0.39, 0.29) is 19.2 Å². The molecular weight excluding hydrogens is 560 g/mol. The predicted molar refractivity (Wildman–Crippen MR) is 165 cm³/mol. The lowest BCUT2D eigenvalue weighted by molar-refractivity contribution is 0.0528. The summed E-state index contributed by atoms with van der Waals surface area (Å²) in [5.74, 6) is 1.85. The zero-order valence-electron chi connectivity index (χ0n) is 24.5. The molecule has 1 saturated carbocycles. The first-order chi connectivity index (χ1) is 21.5. The summed E-state index contributed by atoms with van der Waals surface area (Å²) >= 11 is 0. The summed E-state index contributed by atoms with van der Waals surface area (Å²) in [4.78, 5) is 29.4. The number of pyridine rings is 1. The lowest BCUT2D eigenvalue weighted by Gasteiger charge is -2.19. The fraction of sp³-hybridized carbons (Fsp3) is 0.229. The third-order valence-corrected chi connectivity index (χ3v) is 7.50. The van der Waals surface area contributed by atoms with Crippen LogP contribution in [0.25, 0.3) is 21.7 Å². The number of hydrogen-bond donors (Lipinski definition) is 1. The molecule has 5 aromatic rings. The molecule has 1 amide bonds. The van der Waals surface area contributed by atoms with Gasteiger partial charge in [-0.05, 0) is 72.5 Å². The molecule has 1 aliphatic rings. The van der Waals surface area contributed by atoms with Gasteiger partial charge in [-0.2, -0.15) is 0 Å². The summed E-state index contributed by atoms with van der Waals surface area (Å²) < 4.78 is 28.7. The number of fused-ring (bicyclic) bond motifs is 2. The molecule has 9 heteroatoms. The maximum atomic E-state index is 12.5. The number of carbonyl (C=O) groups is 2. The van der Waals surface area contributed by atoms with E-state index in [0.29, 0.717) is 40.7 Å². The molecule has 1 N–H and O–H groups in total. The molecule has 0 radical (unpaired) electrons. The van der Waals surface area contributed by atoms with Crippen molar-refractivity contribution in [3.05, 3.63) is 102 Å². The summed E-state index contributed by atoms with van der Waals surface area (Å²) in [6.45, 7) is 2.55. The number of nitrogens with one attached hydrogen (secondary N) is 1. The van der Waals surface area contributed by atoms with Crippen LogP contribution in [-0.2, 0) is 16.1 Å². The first-order valence-corrected chi connectivity index (χ1v) is 14.4. The van der Waals surface area contributed by atoms with Gasteiger partial charge in [0.1, 0.15) is 24.7 Å². The molecule has 0 saturated heterocycles. The summed E-state index contributed by atoms with van der Waals surface area (Å²) in [7, 11) is 1.57. The molecule has 44 heavy (non-hydrogen) atoms. The molecule has 0 aliphatic heterocycles. The van der Waals surface area contributed by atoms with Crippen LogP contribution in [0.5, 0.6) is 23.0 Å². The van der Waals surface area contributed by atoms with Crippen molar-refractivity contribution in [3.63, 3.8) is 0 Å². The van der Waals surface area contributed by atoms with E-state index in [1.807, 2.05) is 66.7 Å². The average Bonchev–Trinajstić information content (AvgIpc) is 3.81. The Hall–Kier alpha value is -5.31. The number of carbonyl (C=O) groups excluding carboxylic acids is 2. The van der Waals surface area contributed by atoms with Crippen molar-refractivity contribution in [2.24, 2.45) is 0 Å². The predicted octanol–water partition coefficient (Wildman–Crippen LogP) is 7.20. The van der Waals surface area contributed by atoms with Gasteiger partial charge >= 0.3 is 12.1 Å². The number of nitrogens with zero attached hydrogens (tertiary/aromatic N) is 1. The molecule has 4 aromatic carbocycles. The van der Waals surface area contributed by atoms with Crippen LogP contribution in [0.4, 0.5) is 4.79 Å². The van der Waals surface area contributed by atoms with Crippen LogP contribution in [0.1, 0.15) is 35.7 Å². The normalized spacial score (nSPS) is 13.2. The number of methoxy groups -OCH3 is 1. The van der Waals surface area contributed by atoms with Crippen molar-refractivity contribution in [1.82, 2.24) is 10.3 Å². The largest absolute Gasteiger partial charge is 0.493 e. The summed E-state index contributed by atoms with van der Waals surface area (Å²) in [5, 5.41) is 5.33. The molecule has 1 fully saturated rings. The van der Waals surface area contributed by atoms with E-state index in [0.717, 1.165) is 34.6 Å². The summed E-state index contributed by atoms with van der Waals surface area (Å²) in [6.07, 6.45) is 2.76. The minimum Gasteiger partial charge on any atom is -0.493 e. The number of esters is 1. The van der Waals surface area contributed by atoms with Crippen molar-refractivity contribution in [2.75, 3.05) is 20.3 Å². The summed E-state index contributed by atoms with van der Waals surface area (Å²) in [5.41, 5.74) is 1.60. The van der Waals surface area contributed by atoms with E-state index in [1.165, 1.54) is 0 Å². The van der Waals surface area contributed by atoms with Gasteiger partial charge < -0.3 is 29.0 Å². The molecule has 224 valence electrons. The van der Waals surface area contributed by atoms with Crippen molar-refractivity contribution < 1.29 is 33.3 Å². The van der Waals surface area contributed by atoms with E-state index in [9.17, 15) is 9.59 Å². The van der Waals surface area contributed by atoms with Gasteiger partial charge in [0.15, 0.2) is 11.5 Å². The third kappa shape index (κ3) is 6.36. The standard InChI is InChI=1S/C35H32N2O7/c1-3-41-33(38)27-11-7-10-24-18-25(12-13-26(24)27)44-30-14-17-36-29-20-32(31(40-2)19-28(29)30)43-22-35(15-16-35)37-34(39)42-21-23-8-5-4-6-9-23/h4-14,17-20H,3,15-16,21-22H2,1-2H3,(H,37,39). The zero-order valence-corrected chi connectivity index (χ0v) is 24.5. The van der Waals surface area contributed by atoms with E-state index in [4.69, 9.17) is 23.7 Å². The van der Waals surface area contributed by atoms with E-state index < -0.39 is 11.6 Å². The number of amides is 1. The maximum absolute atomic E-state index is 12.5. The van der Waals surface area contributed by atoms with Gasteiger partial charge in [0, 0.05) is 17.6 Å². The van der Waals surface area contributed by atoms with Crippen LogP contribution in [0.3, 0.4) is 0 Å². The van der Waals surface area contributed by atoms with Gasteiger partial charge in [-0.15, -0.1) is 0 Å². The molecule has 1 aromatic heterocycles. The highest BCUT2D eigenvalue weighted by atomic mass is 16.6. The molecular formula is C35H32N2O7. The highest BCUT2D eigenvalue weighted by Crippen LogP contribution is 2.40. The molecule has 1 aliphatic carbocycles. The Morgan fingerprint density at radius 1 is 0.864 bits per heavy atom. The minimum atomic E-state index is -0.491. The lowest BCUT2D eigenvalue weighted by atomic mass is 10.0. The van der Waals surface area contributed by atoms with Gasteiger partial charge in [-0.3, -0.25) is 4.98 Å². The van der Waals surface area contributed by atoms with Crippen molar-refractivity contribution in [3.8, 4) is 23.0 Å². The second kappa shape index (κ2) is 12.5. The first kappa shape index (κ1) is 28.8. The van der Waals surface area contributed by atoms with Gasteiger partial charge in [0.05, 0.1) is 30.3 Å². The number of hydrogen-bond acceptors (Lipinski definition) is 8. The number of ether oxygens (including phenoxy) is 5. The van der Waals surface area contributed by atoms with Crippen LogP contribution < -0.4 is 19.5 Å². The Labute approximate surface area is 254 Å². The zero-order chi connectivity index (χ0) is 30.5. The fourth-order valence-electron chi connectivity index (χ4n) is 4.98. The molecule has 0 spiro atoms. The van der Waals surface area contributed by atoms with Crippen LogP contribution in [0.15, 0.2) is 91.1 Å². The monoisotopic (exact) mass is 592 g/mol. The highest BCUT2D eigenvalue weighted by Gasteiger charge is 2.45.